The van der Waals surface area contributed by atoms with Crippen LogP contribution in [0.2, 0.25) is 0 Å². The maximum Gasteiger partial charge on any atom is 0.0700 e. The van der Waals surface area contributed by atoms with E-state index in [4.69, 9.17) is 14.6 Å². The zero-order valence-corrected chi connectivity index (χ0v) is 11.7. The average molecular weight is 262 g/mol. The molecule has 0 aromatic carbocycles. The zero-order chi connectivity index (χ0) is 13.3. The summed E-state index contributed by atoms with van der Waals surface area (Å²) in [5, 5.41) is 15.1. The lowest BCUT2D eigenvalue weighted by Crippen LogP contribution is -2.20. The number of hydrogen-bond acceptors (Lipinski definition) is 5. The lowest BCUT2D eigenvalue weighted by Gasteiger charge is -2.06. The van der Waals surface area contributed by atoms with Gasteiger partial charge in [-0.15, -0.1) is 0 Å². The van der Waals surface area contributed by atoms with Crippen molar-refractivity contribution < 1.29 is 14.6 Å². The minimum atomic E-state index is 0.230. The standard InChI is InChI=1S/C13H30N2O3/c1-17-12-13-18-11-5-8-14-6-3-2-4-7-15-9-10-16/h14-16H,2-13H2,1H3. The molecule has 0 atom stereocenters. The van der Waals surface area contributed by atoms with Crippen molar-refractivity contribution in [2.45, 2.75) is 25.7 Å². The van der Waals surface area contributed by atoms with E-state index >= 15 is 0 Å². The van der Waals surface area contributed by atoms with Crippen molar-refractivity contribution in [1.82, 2.24) is 10.6 Å². The molecule has 0 heterocycles. The maximum atomic E-state index is 8.57. The first-order valence-corrected chi connectivity index (χ1v) is 7.00. The van der Waals surface area contributed by atoms with E-state index < -0.39 is 0 Å². The summed E-state index contributed by atoms with van der Waals surface area (Å²) in [6.07, 6.45) is 4.69. The van der Waals surface area contributed by atoms with Crippen LogP contribution in [0.4, 0.5) is 0 Å². The summed E-state index contributed by atoms with van der Waals surface area (Å²) in [6, 6.07) is 0. The topological polar surface area (TPSA) is 62.8 Å². The molecule has 0 aliphatic heterocycles. The van der Waals surface area contributed by atoms with Crippen molar-refractivity contribution >= 4 is 0 Å². The fraction of sp³-hybridized carbons (Fsp3) is 1.00. The second-order valence-corrected chi connectivity index (χ2v) is 4.24. The van der Waals surface area contributed by atoms with Gasteiger partial charge in [0.2, 0.25) is 0 Å². The molecule has 0 unspecified atom stereocenters. The summed E-state index contributed by atoms with van der Waals surface area (Å²) in [4.78, 5) is 0. The predicted molar refractivity (Wildman–Crippen MR) is 74.0 cm³/mol. The molecule has 0 aliphatic carbocycles. The third-order valence-electron chi connectivity index (χ3n) is 2.57. The molecule has 0 aliphatic rings. The minimum Gasteiger partial charge on any atom is -0.395 e. The number of aliphatic hydroxyl groups is 1. The number of unbranched alkanes of at least 4 members (excludes halogenated alkanes) is 2. The fourth-order valence-electron chi connectivity index (χ4n) is 1.55. The van der Waals surface area contributed by atoms with Gasteiger partial charge in [0, 0.05) is 20.3 Å². The van der Waals surface area contributed by atoms with Crippen molar-refractivity contribution in [3.05, 3.63) is 0 Å². The van der Waals surface area contributed by atoms with Crippen LogP contribution in [0, 0.1) is 0 Å². The summed E-state index contributed by atoms with van der Waals surface area (Å²) >= 11 is 0. The van der Waals surface area contributed by atoms with E-state index in [1.54, 1.807) is 7.11 Å². The molecule has 0 aromatic rings. The van der Waals surface area contributed by atoms with E-state index in [2.05, 4.69) is 10.6 Å². The Kier molecular flexibility index (Phi) is 16.6. The average Bonchev–Trinajstić information content (AvgIpc) is 2.39. The van der Waals surface area contributed by atoms with Crippen LogP contribution in [0.1, 0.15) is 25.7 Å². The lowest BCUT2D eigenvalue weighted by atomic mass is 10.2. The minimum absolute atomic E-state index is 0.230. The first kappa shape index (κ1) is 17.8. The van der Waals surface area contributed by atoms with Gasteiger partial charge in [-0.2, -0.15) is 0 Å². The van der Waals surface area contributed by atoms with Crippen molar-refractivity contribution in [3.8, 4) is 0 Å². The van der Waals surface area contributed by atoms with Crippen LogP contribution >= 0.6 is 0 Å². The summed E-state index contributed by atoms with van der Waals surface area (Å²) < 4.78 is 10.3. The summed E-state index contributed by atoms with van der Waals surface area (Å²) in [5.74, 6) is 0. The lowest BCUT2D eigenvalue weighted by molar-refractivity contribution is 0.0695. The Bertz CT molecular complexity index is 132. The Morgan fingerprint density at radius 2 is 1.44 bits per heavy atom. The van der Waals surface area contributed by atoms with Crippen LogP contribution in [0.5, 0.6) is 0 Å². The normalized spacial score (nSPS) is 11.0. The van der Waals surface area contributed by atoms with E-state index in [0.29, 0.717) is 19.8 Å². The van der Waals surface area contributed by atoms with Crippen molar-refractivity contribution in [2.24, 2.45) is 0 Å². The molecule has 3 N–H and O–H groups in total. The zero-order valence-electron chi connectivity index (χ0n) is 11.7. The van der Waals surface area contributed by atoms with Gasteiger partial charge in [-0.1, -0.05) is 6.42 Å². The number of rotatable bonds is 15. The van der Waals surface area contributed by atoms with Gasteiger partial charge < -0.3 is 25.2 Å². The highest BCUT2D eigenvalue weighted by Gasteiger charge is 1.92. The van der Waals surface area contributed by atoms with Gasteiger partial charge >= 0.3 is 0 Å². The third kappa shape index (κ3) is 15.8. The smallest absolute Gasteiger partial charge is 0.0700 e. The quantitative estimate of drug-likeness (QED) is 0.373. The Morgan fingerprint density at radius 1 is 0.778 bits per heavy atom. The molecule has 5 nitrogen and oxygen atoms in total. The van der Waals surface area contributed by atoms with E-state index in [1.165, 1.54) is 19.3 Å². The Labute approximate surface area is 111 Å². The van der Waals surface area contributed by atoms with Crippen LogP contribution in [0.15, 0.2) is 0 Å². The predicted octanol–water partition coefficient (Wildman–Crippen LogP) is 0.381. The number of ether oxygens (including phenoxy) is 2. The molecule has 0 aromatic heterocycles. The second-order valence-electron chi connectivity index (χ2n) is 4.24. The fourth-order valence-corrected chi connectivity index (χ4v) is 1.55. The molecule has 0 saturated carbocycles. The Balaban J connectivity index is 2.86. The molecule has 0 radical (unpaired) electrons. The Hall–Kier alpha value is -0.200. The van der Waals surface area contributed by atoms with Gasteiger partial charge in [-0.05, 0) is 38.9 Å². The number of methoxy groups -OCH3 is 1. The van der Waals surface area contributed by atoms with Gasteiger partial charge in [-0.25, -0.2) is 0 Å². The third-order valence-corrected chi connectivity index (χ3v) is 2.57. The van der Waals surface area contributed by atoms with Gasteiger partial charge in [-0.3, -0.25) is 0 Å². The number of aliphatic hydroxyl groups excluding tert-OH is 1. The SMILES string of the molecule is COCCOCCCNCCCCCNCCO. The molecule has 0 rings (SSSR count). The highest BCUT2D eigenvalue weighted by molar-refractivity contribution is 4.51. The van der Waals surface area contributed by atoms with E-state index in [9.17, 15) is 0 Å². The molecular weight excluding hydrogens is 232 g/mol. The van der Waals surface area contributed by atoms with Crippen LogP contribution in [0.25, 0.3) is 0 Å². The highest BCUT2D eigenvalue weighted by atomic mass is 16.5. The van der Waals surface area contributed by atoms with Gasteiger partial charge in [0.25, 0.3) is 0 Å². The molecule has 0 bridgehead atoms. The monoisotopic (exact) mass is 262 g/mol. The molecule has 18 heavy (non-hydrogen) atoms. The summed E-state index contributed by atoms with van der Waals surface area (Å²) in [5.41, 5.74) is 0. The number of nitrogens with one attached hydrogen (secondary N) is 2. The first-order chi connectivity index (χ1) is 8.91. The van der Waals surface area contributed by atoms with Crippen molar-refractivity contribution in [2.75, 3.05) is 59.7 Å². The molecule has 0 spiro atoms. The summed E-state index contributed by atoms with van der Waals surface area (Å²) in [7, 11) is 1.68. The van der Waals surface area contributed by atoms with Crippen LogP contribution < -0.4 is 10.6 Å². The second kappa shape index (κ2) is 16.8. The van der Waals surface area contributed by atoms with Gasteiger partial charge in [0.1, 0.15) is 0 Å². The molecule has 110 valence electrons. The van der Waals surface area contributed by atoms with Crippen LogP contribution in [-0.4, -0.2) is 64.8 Å². The van der Waals surface area contributed by atoms with E-state index in [1.807, 2.05) is 0 Å². The maximum absolute atomic E-state index is 8.57. The van der Waals surface area contributed by atoms with Crippen molar-refractivity contribution in [3.63, 3.8) is 0 Å². The Morgan fingerprint density at radius 3 is 2.11 bits per heavy atom. The first-order valence-electron chi connectivity index (χ1n) is 7.00. The highest BCUT2D eigenvalue weighted by Crippen LogP contribution is 1.92. The molecule has 0 saturated heterocycles. The van der Waals surface area contributed by atoms with Gasteiger partial charge in [0.05, 0.1) is 19.8 Å². The van der Waals surface area contributed by atoms with Crippen LogP contribution in [0.3, 0.4) is 0 Å². The van der Waals surface area contributed by atoms with Crippen LogP contribution in [-0.2, 0) is 9.47 Å². The van der Waals surface area contributed by atoms with Gasteiger partial charge in [0.15, 0.2) is 0 Å². The summed E-state index contributed by atoms with van der Waals surface area (Å²) in [6.45, 7) is 6.23. The largest absolute Gasteiger partial charge is 0.395 e. The molecule has 0 fully saturated rings. The van der Waals surface area contributed by atoms with E-state index in [-0.39, 0.29) is 6.61 Å². The molecule has 5 heteroatoms. The molecule has 0 amide bonds. The number of hydrogen-bond donors (Lipinski definition) is 3. The van der Waals surface area contributed by atoms with E-state index in [0.717, 1.165) is 32.7 Å². The molecular formula is C13H30N2O3. The van der Waals surface area contributed by atoms with Crippen molar-refractivity contribution in [1.29, 1.82) is 0 Å².